The minimum absolute atomic E-state index is 0.0932. The van der Waals surface area contributed by atoms with E-state index in [1.807, 2.05) is 6.92 Å². The van der Waals surface area contributed by atoms with E-state index >= 15 is 0 Å². The zero-order chi connectivity index (χ0) is 13.3. The molecule has 2 nitrogen and oxygen atoms in total. The van der Waals surface area contributed by atoms with Gasteiger partial charge in [-0.2, -0.15) is 0 Å². The predicted octanol–water partition coefficient (Wildman–Crippen LogP) is 3.95. The average molecular weight is 311 g/mol. The summed E-state index contributed by atoms with van der Waals surface area (Å²) in [5.74, 6) is 1.60. The van der Waals surface area contributed by atoms with Gasteiger partial charge in [0.2, 0.25) is 0 Å². The molecule has 1 aliphatic rings. The van der Waals surface area contributed by atoms with E-state index in [4.69, 9.17) is 5.73 Å². The molecule has 2 N–H and O–H groups in total. The van der Waals surface area contributed by atoms with Crippen LogP contribution in [-0.2, 0) is 0 Å². The normalized spacial score (nSPS) is 26.2. The van der Waals surface area contributed by atoms with Crippen LogP contribution in [0.2, 0.25) is 0 Å². The van der Waals surface area contributed by atoms with Crippen molar-refractivity contribution in [1.29, 1.82) is 0 Å². The number of nitrogens with two attached hydrogens (primary N) is 1. The fourth-order valence-electron chi connectivity index (χ4n) is 2.54. The Hall–Kier alpha value is -0.540. The summed E-state index contributed by atoms with van der Waals surface area (Å²) >= 11 is 3.69. The largest absolute Gasteiger partial charge is 0.370 e. The first-order valence-corrected chi connectivity index (χ1v) is 7.58. The highest BCUT2D eigenvalue weighted by Crippen LogP contribution is 2.33. The van der Waals surface area contributed by atoms with Crippen LogP contribution in [0.5, 0.6) is 0 Å². The Morgan fingerprint density at radius 1 is 1.33 bits per heavy atom. The van der Waals surface area contributed by atoms with Gasteiger partial charge in [0.1, 0.15) is 0 Å². The number of nitrogens with zero attached hydrogens (tertiary/aromatic N) is 1. The molecule has 1 heterocycles. The van der Waals surface area contributed by atoms with Crippen molar-refractivity contribution in [2.75, 3.05) is 18.0 Å². The Morgan fingerprint density at radius 3 is 2.61 bits per heavy atom. The molecule has 1 aliphatic heterocycles. The van der Waals surface area contributed by atoms with E-state index in [2.05, 4.69) is 52.9 Å². The summed E-state index contributed by atoms with van der Waals surface area (Å²) in [6.45, 7) is 9.03. The molecule has 0 radical (unpaired) electrons. The summed E-state index contributed by atoms with van der Waals surface area (Å²) in [5.41, 5.74) is 8.41. The maximum absolute atomic E-state index is 5.92. The first-order chi connectivity index (χ1) is 8.49. The summed E-state index contributed by atoms with van der Waals surface area (Å²) in [6, 6.07) is 6.59. The molecule has 0 spiro atoms. The van der Waals surface area contributed by atoms with Crippen LogP contribution in [0.4, 0.5) is 5.69 Å². The molecule has 0 aromatic heterocycles. The van der Waals surface area contributed by atoms with Crippen LogP contribution in [0.25, 0.3) is 0 Å². The standard InChI is InChI=1S/C15H23BrN2/c1-10-6-7-18(9-11(10)2)15-5-4-13(12(3)17)8-14(15)16/h4-5,8,10-12H,6-7,9,17H2,1-3H3. The molecule has 0 aliphatic carbocycles. The van der Waals surface area contributed by atoms with Crippen LogP contribution >= 0.6 is 15.9 Å². The third kappa shape index (κ3) is 2.89. The van der Waals surface area contributed by atoms with Crippen molar-refractivity contribution in [2.45, 2.75) is 33.2 Å². The molecule has 18 heavy (non-hydrogen) atoms. The van der Waals surface area contributed by atoms with E-state index in [1.165, 1.54) is 22.1 Å². The van der Waals surface area contributed by atoms with Gasteiger partial charge in [0.05, 0.1) is 5.69 Å². The zero-order valence-electron chi connectivity index (χ0n) is 11.5. The third-order valence-corrected chi connectivity index (χ3v) is 4.81. The van der Waals surface area contributed by atoms with Gasteiger partial charge in [-0.3, -0.25) is 0 Å². The lowest BCUT2D eigenvalue weighted by atomic mass is 9.88. The second kappa shape index (κ2) is 5.62. The first kappa shape index (κ1) is 13.9. The summed E-state index contributed by atoms with van der Waals surface area (Å²) in [7, 11) is 0. The summed E-state index contributed by atoms with van der Waals surface area (Å²) in [6.07, 6.45) is 1.28. The lowest BCUT2D eigenvalue weighted by molar-refractivity contribution is 0.324. The van der Waals surface area contributed by atoms with Crippen molar-refractivity contribution < 1.29 is 0 Å². The van der Waals surface area contributed by atoms with E-state index in [-0.39, 0.29) is 6.04 Å². The van der Waals surface area contributed by atoms with Crippen molar-refractivity contribution in [1.82, 2.24) is 0 Å². The maximum Gasteiger partial charge on any atom is 0.0510 e. The highest BCUT2D eigenvalue weighted by Gasteiger charge is 2.23. The van der Waals surface area contributed by atoms with E-state index < -0.39 is 0 Å². The average Bonchev–Trinajstić information content (AvgIpc) is 2.32. The lowest BCUT2D eigenvalue weighted by Gasteiger charge is -2.37. The fourth-order valence-corrected chi connectivity index (χ4v) is 3.19. The molecule has 3 unspecified atom stereocenters. The van der Waals surface area contributed by atoms with Crippen molar-refractivity contribution in [2.24, 2.45) is 17.6 Å². The van der Waals surface area contributed by atoms with Crippen LogP contribution in [0.15, 0.2) is 22.7 Å². The van der Waals surface area contributed by atoms with E-state index in [0.29, 0.717) is 0 Å². The van der Waals surface area contributed by atoms with Gasteiger partial charge in [-0.1, -0.05) is 19.9 Å². The molecule has 100 valence electrons. The van der Waals surface area contributed by atoms with Crippen LogP contribution in [0.3, 0.4) is 0 Å². The smallest absolute Gasteiger partial charge is 0.0510 e. The van der Waals surface area contributed by atoms with Gasteiger partial charge in [0.25, 0.3) is 0 Å². The Balaban J connectivity index is 2.19. The minimum Gasteiger partial charge on any atom is -0.370 e. The SMILES string of the molecule is CC(N)c1ccc(N2CCC(C)C(C)C2)c(Br)c1. The van der Waals surface area contributed by atoms with Gasteiger partial charge < -0.3 is 10.6 Å². The van der Waals surface area contributed by atoms with Crippen LogP contribution in [0, 0.1) is 11.8 Å². The van der Waals surface area contributed by atoms with Crippen molar-refractivity contribution in [3.05, 3.63) is 28.2 Å². The van der Waals surface area contributed by atoms with Gasteiger partial charge in [-0.05, 0) is 58.8 Å². The predicted molar refractivity (Wildman–Crippen MR) is 81.9 cm³/mol. The lowest BCUT2D eigenvalue weighted by Crippen LogP contribution is -2.38. The highest BCUT2D eigenvalue weighted by atomic mass is 79.9. The number of anilines is 1. The van der Waals surface area contributed by atoms with Crippen LogP contribution in [0.1, 0.15) is 38.8 Å². The van der Waals surface area contributed by atoms with Gasteiger partial charge >= 0.3 is 0 Å². The van der Waals surface area contributed by atoms with Crippen molar-refractivity contribution in [3.8, 4) is 0 Å². The van der Waals surface area contributed by atoms with Gasteiger partial charge in [0, 0.05) is 23.6 Å². The monoisotopic (exact) mass is 310 g/mol. The summed E-state index contributed by atoms with van der Waals surface area (Å²) in [5, 5.41) is 0. The van der Waals surface area contributed by atoms with Gasteiger partial charge in [-0.15, -0.1) is 0 Å². The van der Waals surface area contributed by atoms with E-state index in [1.54, 1.807) is 0 Å². The maximum atomic E-state index is 5.92. The molecule has 0 amide bonds. The Morgan fingerprint density at radius 2 is 2.06 bits per heavy atom. The molecule has 2 rings (SSSR count). The Labute approximate surface area is 119 Å². The number of benzene rings is 1. The number of hydrogen-bond acceptors (Lipinski definition) is 2. The van der Waals surface area contributed by atoms with Crippen LogP contribution in [-0.4, -0.2) is 13.1 Å². The molecule has 1 saturated heterocycles. The minimum atomic E-state index is 0.0932. The summed E-state index contributed by atoms with van der Waals surface area (Å²) in [4.78, 5) is 2.49. The number of rotatable bonds is 2. The van der Waals surface area contributed by atoms with Crippen molar-refractivity contribution in [3.63, 3.8) is 0 Å². The molecule has 3 heteroatoms. The molecule has 3 atom stereocenters. The number of hydrogen-bond donors (Lipinski definition) is 1. The molecule has 1 fully saturated rings. The molecular weight excluding hydrogens is 288 g/mol. The van der Waals surface area contributed by atoms with Gasteiger partial charge in [0.15, 0.2) is 0 Å². The van der Waals surface area contributed by atoms with Gasteiger partial charge in [-0.25, -0.2) is 0 Å². The topological polar surface area (TPSA) is 29.3 Å². The Bertz CT molecular complexity index is 417. The molecule has 0 bridgehead atoms. The fraction of sp³-hybridized carbons (Fsp3) is 0.600. The Kier molecular flexibility index (Phi) is 4.33. The first-order valence-electron chi connectivity index (χ1n) is 6.79. The number of piperidine rings is 1. The second-order valence-electron chi connectivity index (χ2n) is 5.69. The molecular formula is C15H23BrN2. The highest BCUT2D eigenvalue weighted by molar-refractivity contribution is 9.10. The number of halogens is 1. The molecule has 1 aromatic carbocycles. The van der Waals surface area contributed by atoms with E-state index in [9.17, 15) is 0 Å². The van der Waals surface area contributed by atoms with E-state index in [0.717, 1.165) is 24.9 Å². The quantitative estimate of drug-likeness (QED) is 0.896. The third-order valence-electron chi connectivity index (χ3n) is 4.17. The zero-order valence-corrected chi connectivity index (χ0v) is 13.1. The molecule has 1 aromatic rings. The second-order valence-corrected chi connectivity index (χ2v) is 6.54. The molecule has 0 saturated carbocycles. The van der Waals surface area contributed by atoms with Crippen LogP contribution < -0.4 is 10.6 Å². The van der Waals surface area contributed by atoms with Crippen molar-refractivity contribution >= 4 is 21.6 Å². The summed E-state index contributed by atoms with van der Waals surface area (Å²) < 4.78 is 1.17.